The summed E-state index contributed by atoms with van der Waals surface area (Å²) in [5.74, 6) is 0.760. The SMILES string of the molecule is CCOc1nc(=O)[nH]c(OCC)c1C. The first-order valence-corrected chi connectivity index (χ1v) is 4.55. The second kappa shape index (κ2) is 4.64. The number of H-pyrrole nitrogens is 1. The Labute approximate surface area is 82.1 Å². The van der Waals surface area contributed by atoms with Crippen molar-refractivity contribution in [2.24, 2.45) is 0 Å². The lowest BCUT2D eigenvalue weighted by Gasteiger charge is -2.09. The average molecular weight is 198 g/mol. The van der Waals surface area contributed by atoms with Crippen LogP contribution >= 0.6 is 0 Å². The van der Waals surface area contributed by atoms with Gasteiger partial charge in [-0.1, -0.05) is 0 Å². The van der Waals surface area contributed by atoms with E-state index in [0.29, 0.717) is 30.5 Å². The van der Waals surface area contributed by atoms with Crippen molar-refractivity contribution in [1.29, 1.82) is 0 Å². The number of aromatic nitrogens is 2. The Morgan fingerprint density at radius 2 is 1.93 bits per heavy atom. The van der Waals surface area contributed by atoms with E-state index in [1.54, 1.807) is 6.92 Å². The second-order valence-corrected chi connectivity index (χ2v) is 2.67. The smallest absolute Gasteiger partial charge is 0.351 e. The molecule has 5 heteroatoms. The molecule has 0 fully saturated rings. The number of nitrogens with zero attached hydrogens (tertiary/aromatic N) is 1. The number of hydrogen-bond donors (Lipinski definition) is 1. The Morgan fingerprint density at radius 1 is 1.29 bits per heavy atom. The zero-order valence-electron chi connectivity index (χ0n) is 8.59. The van der Waals surface area contributed by atoms with Crippen LogP contribution in [0.2, 0.25) is 0 Å². The van der Waals surface area contributed by atoms with Gasteiger partial charge in [0, 0.05) is 0 Å². The zero-order valence-corrected chi connectivity index (χ0v) is 8.59. The standard InChI is InChI=1S/C9H14N2O3/c1-4-13-7-6(3)8(14-5-2)11-9(12)10-7/h4-5H2,1-3H3,(H,10,11,12). The summed E-state index contributed by atoms with van der Waals surface area (Å²) in [4.78, 5) is 17.3. The third kappa shape index (κ3) is 2.25. The highest BCUT2D eigenvalue weighted by atomic mass is 16.5. The van der Waals surface area contributed by atoms with Gasteiger partial charge in [-0.05, 0) is 20.8 Å². The summed E-state index contributed by atoms with van der Waals surface area (Å²) in [5.41, 5.74) is 0.260. The minimum Gasteiger partial charge on any atom is -0.479 e. The van der Waals surface area contributed by atoms with E-state index in [1.165, 1.54) is 0 Å². The van der Waals surface area contributed by atoms with Crippen LogP contribution in [0.15, 0.2) is 4.79 Å². The number of nitrogens with one attached hydrogen (secondary N) is 1. The molecule has 0 spiro atoms. The van der Waals surface area contributed by atoms with Gasteiger partial charge in [0.05, 0.1) is 18.8 Å². The maximum Gasteiger partial charge on any atom is 0.351 e. The van der Waals surface area contributed by atoms with E-state index >= 15 is 0 Å². The Bertz CT molecular complexity index is 329. The van der Waals surface area contributed by atoms with E-state index in [2.05, 4.69) is 9.97 Å². The third-order valence-corrected chi connectivity index (χ3v) is 1.65. The molecule has 0 aliphatic carbocycles. The molecule has 5 nitrogen and oxygen atoms in total. The Morgan fingerprint density at radius 3 is 2.50 bits per heavy atom. The molecular formula is C9H14N2O3. The van der Waals surface area contributed by atoms with Crippen LogP contribution in [0.4, 0.5) is 0 Å². The molecule has 1 rings (SSSR count). The molecule has 0 radical (unpaired) electrons. The largest absolute Gasteiger partial charge is 0.479 e. The summed E-state index contributed by atoms with van der Waals surface area (Å²) >= 11 is 0. The summed E-state index contributed by atoms with van der Waals surface area (Å²) in [6, 6.07) is 0. The number of rotatable bonds is 4. The normalized spacial score (nSPS) is 9.93. The van der Waals surface area contributed by atoms with Gasteiger partial charge in [0.2, 0.25) is 11.8 Å². The van der Waals surface area contributed by atoms with Gasteiger partial charge in [-0.2, -0.15) is 4.98 Å². The summed E-state index contributed by atoms with van der Waals surface area (Å²) in [6.07, 6.45) is 0. The van der Waals surface area contributed by atoms with E-state index in [1.807, 2.05) is 13.8 Å². The third-order valence-electron chi connectivity index (χ3n) is 1.65. The van der Waals surface area contributed by atoms with Crippen molar-refractivity contribution >= 4 is 0 Å². The van der Waals surface area contributed by atoms with Crippen LogP contribution in [0.1, 0.15) is 19.4 Å². The van der Waals surface area contributed by atoms with E-state index in [-0.39, 0.29) is 0 Å². The van der Waals surface area contributed by atoms with Gasteiger partial charge >= 0.3 is 5.69 Å². The van der Waals surface area contributed by atoms with Crippen molar-refractivity contribution in [2.45, 2.75) is 20.8 Å². The maximum absolute atomic E-state index is 11.1. The molecule has 0 aromatic carbocycles. The summed E-state index contributed by atoms with van der Waals surface area (Å²) < 4.78 is 10.4. The van der Waals surface area contributed by atoms with Crippen molar-refractivity contribution in [3.8, 4) is 11.8 Å². The molecule has 0 aliphatic rings. The van der Waals surface area contributed by atoms with E-state index in [0.717, 1.165) is 0 Å². The van der Waals surface area contributed by atoms with Crippen molar-refractivity contribution in [2.75, 3.05) is 13.2 Å². The Kier molecular flexibility index (Phi) is 3.50. The van der Waals surface area contributed by atoms with Crippen molar-refractivity contribution in [1.82, 2.24) is 9.97 Å². The second-order valence-electron chi connectivity index (χ2n) is 2.67. The first-order valence-electron chi connectivity index (χ1n) is 4.55. The van der Waals surface area contributed by atoms with Crippen LogP contribution in [0.3, 0.4) is 0 Å². The molecule has 0 aliphatic heterocycles. The molecule has 1 aromatic rings. The van der Waals surface area contributed by atoms with Crippen LogP contribution in [0.5, 0.6) is 11.8 Å². The fourth-order valence-corrected chi connectivity index (χ4v) is 1.06. The average Bonchev–Trinajstić information content (AvgIpc) is 2.14. The summed E-state index contributed by atoms with van der Waals surface area (Å²) in [7, 11) is 0. The van der Waals surface area contributed by atoms with E-state index in [9.17, 15) is 4.79 Å². The zero-order chi connectivity index (χ0) is 10.6. The first-order chi connectivity index (χ1) is 6.69. The summed E-state index contributed by atoms with van der Waals surface area (Å²) in [5, 5.41) is 0. The lowest BCUT2D eigenvalue weighted by Crippen LogP contribution is -2.15. The van der Waals surface area contributed by atoms with E-state index in [4.69, 9.17) is 9.47 Å². The van der Waals surface area contributed by atoms with E-state index < -0.39 is 5.69 Å². The highest BCUT2D eigenvalue weighted by Gasteiger charge is 2.09. The molecule has 1 N–H and O–H groups in total. The fraction of sp³-hybridized carbons (Fsp3) is 0.556. The molecule has 0 saturated heterocycles. The number of hydrogen-bond acceptors (Lipinski definition) is 4. The maximum atomic E-state index is 11.1. The molecule has 78 valence electrons. The molecule has 0 saturated carbocycles. The first kappa shape index (κ1) is 10.6. The molecule has 0 atom stereocenters. The molecular weight excluding hydrogens is 184 g/mol. The molecule has 1 heterocycles. The molecule has 0 unspecified atom stereocenters. The van der Waals surface area contributed by atoms with Crippen LogP contribution in [0, 0.1) is 6.92 Å². The van der Waals surface area contributed by atoms with Gasteiger partial charge in [0.25, 0.3) is 0 Å². The molecule has 1 aromatic heterocycles. The molecule has 0 bridgehead atoms. The van der Waals surface area contributed by atoms with Gasteiger partial charge in [-0.3, -0.25) is 4.98 Å². The number of aromatic amines is 1. The van der Waals surface area contributed by atoms with Crippen molar-refractivity contribution < 1.29 is 9.47 Å². The highest BCUT2D eigenvalue weighted by molar-refractivity contribution is 5.32. The van der Waals surface area contributed by atoms with Gasteiger partial charge in [0.15, 0.2) is 0 Å². The minimum atomic E-state index is -0.456. The van der Waals surface area contributed by atoms with Crippen LogP contribution in [-0.4, -0.2) is 23.2 Å². The van der Waals surface area contributed by atoms with Crippen LogP contribution in [0.25, 0.3) is 0 Å². The molecule has 0 amide bonds. The highest BCUT2D eigenvalue weighted by Crippen LogP contribution is 2.20. The minimum absolute atomic E-state index is 0.333. The summed E-state index contributed by atoms with van der Waals surface area (Å²) in [6.45, 7) is 6.44. The Hall–Kier alpha value is -1.52. The topological polar surface area (TPSA) is 64.2 Å². The van der Waals surface area contributed by atoms with Gasteiger partial charge in [0.1, 0.15) is 0 Å². The van der Waals surface area contributed by atoms with Gasteiger partial charge < -0.3 is 9.47 Å². The fourth-order valence-electron chi connectivity index (χ4n) is 1.06. The van der Waals surface area contributed by atoms with Crippen LogP contribution < -0.4 is 15.2 Å². The van der Waals surface area contributed by atoms with Gasteiger partial charge in [-0.15, -0.1) is 0 Å². The number of ether oxygens (including phenoxy) is 2. The lowest BCUT2D eigenvalue weighted by atomic mass is 10.3. The predicted octanol–water partition coefficient (Wildman–Crippen LogP) is 0.876. The lowest BCUT2D eigenvalue weighted by molar-refractivity contribution is 0.298. The molecule has 14 heavy (non-hydrogen) atoms. The monoisotopic (exact) mass is 198 g/mol. The quantitative estimate of drug-likeness (QED) is 0.779. The van der Waals surface area contributed by atoms with Gasteiger partial charge in [-0.25, -0.2) is 4.79 Å². The van der Waals surface area contributed by atoms with Crippen molar-refractivity contribution in [3.63, 3.8) is 0 Å². The Balaban J connectivity index is 3.11. The van der Waals surface area contributed by atoms with Crippen molar-refractivity contribution in [3.05, 3.63) is 16.0 Å². The van der Waals surface area contributed by atoms with Crippen LogP contribution in [-0.2, 0) is 0 Å². The predicted molar refractivity (Wildman–Crippen MR) is 51.9 cm³/mol.